The minimum absolute atomic E-state index is 0.0323. The lowest BCUT2D eigenvalue weighted by Crippen LogP contribution is -2.24. The van der Waals surface area contributed by atoms with Crippen molar-refractivity contribution >= 4 is 56.5 Å². The maximum absolute atomic E-state index is 14.2. The maximum Gasteiger partial charge on any atom is 0.272 e. The molecule has 0 bridgehead atoms. The summed E-state index contributed by atoms with van der Waals surface area (Å²) in [5.74, 6) is -0.629. The summed E-state index contributed by atoms with van der Waals surface area (Å²) in [5, 5.41) is 5.42. The number of aromatic nitrogens is 2. The fourth-order valence-corrected chi connectivity index (χ4v) is 4.63. The van der Waals surface area contributed by atoms with Crippen LogP contribution < -0.4 is 10.9 Å². The van der Waals surface area contributed by atoms with E-state index in [2.05, 4.69) is 10.3 Å². The number of nitrogens with one attached hydrogen (secondary N) is 1. The second kappa shape index (κ2) is 8.99. The monoisotopic (exact) mass is 459 g/mol. The van der Waals surface area contributed by atoms with Gasteiger partial charge in [-0.25, -0.2) is 9.37 Å². The van der Waals surface area contributed by atoms with Crippen LogP contribution in [0.25, 0.3) is 10.2 Å². The van der Waals surface area contributed by atoms with E-state index in [1.54, 1.807) is 53.9 Å². The van der Waals surface area contributed by atoms with Gasteiger partial charge in [-0.05, 0) is 35.7 Å². The van der Waals surface area contributed by atoms with E-state index in [9.17, 15) is 14.0 Å². The molecule has 2 aromatic carbocycles. The lowest BCUT2D eigenvalue weighted by Gasteiger charge is -2.13. The van der Waals surface area contributed by atoms with Crippen LogP contribution in [0.15, 0.2) is 69.9 Å². The van der Waals surface area contributed by atoms with Gasteiger partial charge in [0.05, 0.1) is 17.8 Å². The molecular weight excluding hydrogens is 445 g/mol. The van der Waals surface area contributed by atoms with Crippen molar-refractivity contribution in [2.45, 2.75) is 11.7 Å². The van der Waals surface area contributed by atoms with Crippen LogP contribution >= 0.6 is 34.7 Å². The first kappa shape index (κ1) is 20.6. The molecule has 0 aliphatic heterocycles. The molecule has 2 aromatic heterocycles. The molecule has 0 aliphatic rings. The number of halogens is 2. The minimum Gasteiger partial charge on any atom is -0.325 e. The molecule has 0 unspecified atom stereocenters. The summed E-state index contributed by atoms with van der Waals surface area (Å²) in [6.07, 6.45) is 0. The Morgan fingerprint density at radius 3 is 2.83 bits per heavy atom. The number of hydrogen-bond acceptors (Lipinski definition) is 5. The van der Waals surface area contributed by atoms with Gasteiger partial charge < -0.3 is 5.32 Å². The smallest absolute Gasteiger partial charge is 0.272 e. The number of nitrogens with zero attached hydrogens (tertiary/aromatic N) is 2. The molecule has 0 atom stereocenters. The van der Waals surface area contributed by atoms with Crippen LogP contribution in [0.1, 0.15) is 5.56 Å². The van der Waals surface area contributed by atoms with Gasteiger partial charge in [0.1, 0.15) is 10.5 Å². The summed E-state index contributed by atoms with van der Waals surface area (Å²) in [5.41, 5.74) is 1.27. The van der Waals surface area contributed by atoms with Crippen LogP contribution in [0.5, 0.6) is 0 Å². The highest BCUT2D eigenvalue weighted by Gasteiger charge is 2.16. The zero-order chi connectivity index (χ0) is 21.1. The molecule has 0 spiro atoms. The van der Waals surface area contributed by atoms with Gasteiger partial charge in [-0.15, -0.1) is 11.3 Å². The van der Waals surface area contributed by atoms with Gasteiger partial charge in [-0.3, -0.25) is 14.2 Å². The predicted molar refractivity (Wildman–Crippen MR) is 120 cm³/mol. The molecule has 30 heavy (non-hydrogen) atoms. The van der Waals surface area contributed by atoms with Crippen molar-refractivity contribution in [3.05, 3.63) is 86.7 Å². The highest BCUT2D eigenvalue weighted by molar-refractivity contribution is 7.99. The zero-order valence-corrected chi connectivity index (χ0v) is 17.9. The number of carbonyl (C=O) groups excluding carboxylic acids is 1. The van der Waals surface area contributed by atoms with Crippen LogP contribution in [-0.4, -0.2) is 21.2 Å². The normalized spacial score (nSPS) is 11.0. The Balaban J connectivity index is 1.60. The van der Waals surface area contributed by atoms with E-state index in [1.165, 1.54) is 22.0 Å². The molecule has 5 nitrogen and oxygen atoms in total. The first-order valence-corrected chi connectivity index (χ1v) is 11.2. The van der Waals surface area contributed by atoms with E-state index in [1.807, 2.05) is 0 Å². The van der Waals surface area contributed by atoms with Crippen molar-refractivity contribution < 1.29 is 9.18 Å². The first-order chi connectivity index (χ1) is 14.5. The third-order valence-corrected chi connectivity index (χ3v) is 6.36. The number of carbonyl (C=O) groups is 1. The van der Waals surface area contributed by atoms with Crippen molar-refractivity contribution in [1.29, 1.82) is 0 Å². The Labute approximate surface area is 184 Å². The molecule has 0 fully saturated rings. The molecule has 1 N–H and O–H groups in total. The number of fused-ring (bicyclic) bond motifs is 1. The molecule has 0 aliphatic carbocycles. The quantitative estimate of drug-likeness (QED) is 0.324. The topological polar surface area (TPSA) is 64.0 Å². The molecular formula is C21H15ClFN3O2S2. The van der Waals surface area contributed by atoms with Crippen LogP contribution in [0, 0.1) is 5.82 Å². The van der Waals surface area contributed by atoms with E-state index in [0.717, 1.165) is 11.8 Å². The van der Waals surface area contributed by atoms with Gasteiger partial charge in [0.15, 0.2) is 5.16 Å². The summed E-state index contributed by atoms with van der Waals surface area (Å²) in [7, 11) is 0. The number of anilines is 1. The zero-order valence-electron chi connectivity index (χ0n) is 15.5. The van der Waals surface area contributed by atoms with Crippen molar-refractivity contribution in [2.75, 3.05) is 11.1 Å². The van der Waals surface area contributed by atoms with Crippen molar-refractivity contribution in [3.8, 4) is 0 Å². The Morgan fingerprint density at radius 2 is 2.03 bits per heavy atom. The number of thiophene rings is 1. The van der Waals surface area contributed by atoms with Gasteiger partial charge in [0, 0.05) is 16.3 Å². The van der Waals surface area contributed by atoms with E-state index >= 15 is 0 Å². The molecule has 4 rings (SSSR count). The van der Waals surface area contributed by atoms with E-state index < -0.39 is 5.82 Å². The van der Waals surface area contributed by atoms with Gasteiger partial charge in [-0.1, -0.05) is 47.6 Å². The highest BCUT2D eigenvalue weighted by atomic mass is 35.5. The number of rotatable bonds is 6. The number of hydrogen-bond donors (Lipinski definition) is 1. The first-order valence-electron chi connectivity index (χ1n) is 8.91. The molecule has 0 saturated heterocycles. The summed E-state index contributed by atoms with van der Waals surface area (Å²) in [6, 6.07) is 14.9. The summed E-state index contributed by atoms with van der Waals surface area (Å²) in [6.45, 7) is 0.0323. The van der Waals surface area contributed by atoms with Crippen LogP contribution in [-0.2, 0) is 11.3 Å². The van der Waals surface area contributed by atoms with Gasteiger partial charge >= 0.3 is 0 Å². The molecule has 0 saturated carbocycles. The van der Waals surface area contributed by atoms with Crippen LogP contribution in [0.4, 0.5) is 10.1 Å². The number of thioether (sulfide) groups is 1. The summed E-state index contributed by atoms with van der Waals surface area (Å²) in [4.78, 5) is 29.9. The molecule has 4 aromatic rings. The lowest BCUT2D eigenvalue weighted by atomic mass is 10.2. The van der Waals surface area contributed by atoms with Crippen molar-refractivity contribution in [1.82, 2.24) is 9.55 Å². The average Bonchev–Trinajstić information content (AvgIpc) is 3.19. The van der Waals surface area contributed by atoms with Gasteiger partial charge in [0.25, 0.3) is 5.56 Å². The highest BCUT2D eigenvalue weighted by Crippen LogP contribution is 2.23. The molecule has 9 heteroatoms. The van der Waals surface area contributed by atoms with E-state index in [-0.39, 0.29) is 23.8 Å². The van der Waals surface area contributed by atoms with Crippen LogP contribution in [0.3, 0.4) is 0 Å². The Morgan fingerprint density at radius 1 is 1.20 bits per heavy atom. The number of amides is 1. The standard InChI is InChI=1S/C21H15ClFN3O2S2/c22-14-5-3-6-15(10-14)24-18(27)12-30-21-25-17-8-9-29-19(17)20(28)26(21)11-13-4-1-2-7-16(13)23/h1-10H,11-12H2,(H,24,27). The maximum atomic E-state index is 14.2. The molecule has 152 valence electrons. The predicted octanol–water partition coefficient (Wildman–Crippen LogP) is 5.03. The van der Waals surface area contributed by atoms with Crippen molar-refractivity contribution in [3.63, 3.8) is 0 Å². The molecule has 2 heterocycles. The van der Waals surface area contributed by atoms with E-state index in [0.29, 0.717) is 31.6 Å². The minimum atomic E-state index is -0.398. The van der Waals surface area contributed by atoms with Gasteiger partial charge in [0.2, 0.25) is 5.91 Å². The number of benzene rings is 2. The average molecular weight is 460 g/mol. The third-order valence-electron chi connectivity index (χ3n) is 4.26. The summed E-state index contributed by atoms with van der Waals surface area (Å²) < 4.78 is 16.1. The SMILES string of the molecule is O=C(CSc1nc2ccsc2c(=O)n1Cc1ccccc1F)Nc1cccc(Cl)c1. The van der Waals surface area contributed by atoms with Crippen LogP contribution in [0.2, 0.25) is 5.02 Å². The second-order valence-electron chi connectivity index (χ2n) is 6.36. The fourth-order valence-electron chi connectivity index (χ4n) is 2.86. The second-order valence-corrected chi connectivity index (χ2v) is 8.65. The summed E-state index contributed by atoms with van der Waals surface area (Å²) >= 11 is 8.35. The molecule has 0 radical (unpaired) electrons. The van der Waals surface area contributed by atoms with E-state index in [4.69, 9.17) is 11.6 Å². The van der Waals surface area contributed by atoms with Crippen molar-refractivity contribution in [2.24, 2.45) is 0 Å². The largest absolute Gasteiger partial charge is 0.325 e. The fraction of sp³-hybridized carbons (Fsp3) is 0.0952. The van der Waals surface area contributed by atoms with Gasteiger partial charge in [-0.2, -0.15) is 0 Å². The third kappa shape index (κ3) is 4.56. The molecule has 1 amide bonds. The lowest BCUT2D eigenvalue weighted by molar-refractivity contribution is -0.113. The Hall–Kier alpha value is -2.68. The Kier molecular flexibility index (Phi) is 6.17. The Bertz CT molecular complexity index is 1290.